The molecule has 0 amide bonds. The van der Waals surface area contributed by atoms with Gasteiger partial charge in [-0.15, -0.1) is 0 Å². The van der Waals surface area contributed by atoms with Crippen molar-refractivity contribution in [2.75, 3.05) is 13.3 Å². The van der Waals surface area contributed by atoms with Gasteiger partial charge in [-0.05, 0) is 18.3 Å². The summed E-state index contributed by atoms with van der Waals surface area (Å²) in [4.78, 5) is 0. The molecule has 0 aromatic heterocycles. The van der Waals surface area contributed by atoms with Crippen LogP contribution in [0.15, 0.2) is 0 Å². The van der Waals surface area contributed by atoms with E-state index in [4.69, 9.17) is 10.5 Å². The van der Waals surface area contributed by atoms with Crippen LogP contribution in [0.25, 0.3) is 0 Å². The first-order chi connectivity index (χ1) is 5.68. The highest BCUT2D eigenvalue weighted by Gasteiger charge is 2.18. The Labute approximate surface area is 76.5 Å². The van der Waals surface area contributed by atoms with Gasteiger partial charge < -0.3 is 10.5 Å². The maximum atomic E-state index is 5.22. The quantitative estimate of drug-likeness (QED) is 0.474. The molecule has 74 valence electrons. The second-order valence-corrected chi connectivity index (χ2v) is 3.70. The van der Waals surface area contributed by atoms with Gasteiger partial charge in [0.15, 0.2) is 0 Å². The Hall–Kier alpha value is -0.0800. The van der Waals surface area contributed by atoms with Crippen molar-refractivity contribution in [1.29, 1.82) is 0 Å². The smallest absolute Gasteiger partial charge is 0.0940 e. The van der Waals surface area contributed by atoms with Gasteiger partial charge in [0.25, 0.3) is 0 Å². The van der Waals surface area contributed by atoms with Gasteiger partial charge in [0.2, 0.25) is 0 Å². The summed E-state index contributed by atoms with van der Waals surface area (Å²) >= 11 is 0. The van der Waals surface area contributed by atoms with Gasteiger partial charge in [-0.1, -0.05) is 33.6 Å². The van der Waals surface area contributed by atoms with E-state index in [0.29, 0.717) is 12.1 Å². The largest absolute Gasteiger partial charge is 0.367 e. The molecule has 0 spiro atoms. The average Bonchev–Trinajstić information content (AvgIpc) is 2.12. The Morgan fingerprint density at radius 1 is 1.25 bits per heavy atom. The monoisotopic (exact) mass is 173 g/mol. The molecule has 2 heteroatoms. The average molecular weight is 173 g/mol. The Bertz CT molecular complexity index is 100. The molecule has 0 aliphatic rings. The predicted molar refractivity (Wildman–Crippen MR) is 52.9 cm³/mol. The second-order valence-electron chi connectivity index (χ2n) is 3.70. The molecule has 0 saturated heterocycles. The summed E-state index contributed by atoms with van der Waals surface area (Å²) in [5.74, 6) is 0. The first-order valence-corrected chi connectivity index (χ1v) is 4.96. The van der Waals surface area contributed by atoms with Crippen LogP contribution in [-0.4, -0.2) is 13.3 Å². The van der Waals surface area contributed by atoms with E-state index in [2.05, 4.69) is 20.8 Å². The Balaban J connectivity index is 3.45. The third kappa shape index (κ3) is 4.73. The van der Waals surface area contributed by atoms with E-state index in [1.807, 2.05) is 0 Å². The van der Waals surface area contributed by atoms with Crippen LogP contribution in [0.1, 0.15) is 46.5 Å². The SMILES string of the molecule is CCC(C)(CC)CCCOCN. The zero-order valence-electron chi connectivity index (χ0n) is 8.73. The molecule has 0 saturated carbocycles. The van der Waals surface area contributed by atoms with Crippen LogP contribution < -0.4 is 5.73 Å². The van der Waals surface area contributed by atoms with Crippen molar-refractivity contribution in [2.45, 2.75) is 46.5 Å². The van der Waals surface area contributed by atoms with Crippen molar-refractivity contribution in [3.63, 3.8) is 0 Å². The molecule has 2 nitrogen and oxygen atoms in total. The molecule has 0 bridgehead atoms. The van der Waals surface area contributed by atoms with Gasteiger partial charge >= 0.3 is 0 Å². The lowest BCUT2D eigenvalue weighted by Gasteiger charge is -2.26. The lowest BCUT2D eigenvalue weighted by molar-refractivity contribution is 0.122. The summed E-state index contributed by atoms with van der Waals surface area (Å²) in [6, 6.07) is 0. The van der Waals surface area contributed by atoms with Crippen LogP contribution in [0.3, 0.4) is 0 Å². The van der Waals surface area contributed by atoms with E-state index in [1.165, 1.54) is 19.3 Å². The third-order valence-corrected chi connectivity index (χ3v) is 2.89. The first-order valence-electron chi connectivity index (χ1n) is 4.96. The minimum atomic E-state index is 0.356. The molecular weight excluding hydrogens is 150 g/mol. The Morgan fingerprint density at radius 3 is 2.25 bits per heavy atom. The molecule has 0 radical (unpaired) electrons. The maximum absolute atomic E-state index is 5.22. The summed E-state index contributed by atoms with van der Waals surface area (Å²) in [6.07, 6.45) is 4.90. The van der Waals surface area contributed by atoms with E-state index in [0.717, 1.165) is 13.0 Å². The molecule has 0 unspecified atom stereocenters. The summed E-state index contributed by atoms with van der Waals surface area (Å²) < 4.78 is 5.10. The van der Waals surface area contributed by atoms with Crippen molar-refractivity contribution in [3.8, 4) is 0 Å². The predicted octanol–water partition coefficient (Wildman–Crippen LogP) is 2.53. The zero-order chi connectivity index (χ0) is 9.45. The lowest BCUT2D eigenvalue weighted by atomic mass is 9.80. The summed E-state index contributed by atoms with van der Waals surface area (Å²) in [7, 11) is 0. The highest BCUT2D eigenvalue weighted by molar-refractivity contribution is 4.70. The van der Waals surface area contributed by atoms with Gasteiger partial charge in [0, 0.05) is 6.61 Å². The third-order valence-electron chi connectivity index (χ3n) is 2.89. The van der Waals surface area contributed by atoms with Gasteiger partial charge in [-0.25, -0.2) is 0 Å². The maximum Gasteiger partial charge on any atom is 0.0940 e. The minimum absolute atomic E-state index is 0.356. The van der Waals surface area contributed by atoms with Crippen LogP contribution in [-0.2, 0) is 4.74 Å². The van der Waals surface area contributed by atoms with Gasteiger partial charge in [0.1, 0.15) is 0 Å². The number of hydrogen-bond donors (Lipinski definition) is 1. The topological polar surface area (TPSA) is 35.2 Å². The van der Waals surface area contributed by atoms with Crippen LogP contribution in [0.4, 0.5) is 0 Å². The molecule has 0 aromatic rings. The highest BCUT2D eigenvalue weighted by Crippen LogP contribution is 2.30. The van der Waals surface area contributed by atoms with E-state index in [9.17, 15) is 0 Å². The fourth-order valence-electron chi connectivity index (χ4n) is 1.29. The fourth-order valence-corrected chi connectivity index (χ4v) is 1.29. The van der Waals surface area contributed by atoms with Crippen LogP contribution in [0.5, 0.6) is 0 Å². The molecule has 2 N–H and O–H groups in total. The van der Waals surface area contributed by atoms with Gasteiger partial charge in [0.05, 0.1) is 6.73 Å². The summed E-state index contributed by atoms with van der Waals surface area (Å²) in [5, 5.41) is 0. The number of rotatable bonds is 7. The molecule has 0 atom stereocenters. The van der Waals surface area contributed by atoms with Crippen LogP contribution in [0, 0.1) is 5.41 Å². The zero-order valence-corrected chi connectivity index (χ0v) is 8.73. The Kier molecular flexibility index (Phi) is 6.39. The lowest BCUT2D eigenvalue weighted by Crippen LogP contribution is -2.15. The van der Waals surface area contributed by atoms with Crippen molar-refractivity contribution in [2.24, 2.45) is 11.1 Å². The minimum Gasteiger partial charge on any atom is -0.367 e. The molecule has 0 aliphatic heterocycles. The van der Waals surface area contributed by atoms with Crippen molar-refractivity contribution in [3.05, 3.63) is 0 Å². The summed E-state index contributed by atoms with van der Waals surface area (Å²) in [6.45, 7) is 8.02. The van der Waals surface area contributed by atoms with E-state index in [1.54, 1.807) is 0 Å². The fraction of sp³-hybridized carbons (Fsp3) is 1.00. The van der Waals surface area contributed by atoms with Crippen molar-refractivity contribution >= 4 is 0 Å². The summed E-state index contributed by atoms with van der Waals surface area (Å²) in [5.41, 5.74) is 5.73. The normalized spacial score (nSPS) is 12.0. The molecular formula is C10H23NO. The highest BCUT2D eigenvalue weighted by atomic mass is 16.5. The van der Waals surface area contributed by atoms with E-state index < -0.39 is 0 Å². The molecule has 0 aliphatic carbocycles. The number of ether oxygens (including phenoxy) is 1. The molecule has 0 aromatic carbocycles. The van der Waals surface area contributed by atoms with Crippen LogP contribution in [0.2, 0.25) is 0 Å². The Morgan fingerprint density at radius 2 is 1.83 bits per heavy atom. The first kappa shape index (κ1) is 11.9. The number of nitrogens with two attached hydrogens (primary N) is 1. The van der Waals surface area contributed by atoms with Crippen molar-refractivity contribution < 1.29 is 4.74 Å². The van der Waals surface area contributed by atoms with Gasteiger partial charge in [-0.3, -0.25) is 0 Å². The van der Waals surface area contributed by atoms with E-state index >= 15 is 0 Å². The van der Waals surface area contributed by atoms with Crippen molar-refractivity contribution in [1.82, 2.24) is 0 Å². The second kappa shape index (κ2) is 6.44. The molecule has 0 heterocycles. The standard InChI is InChI=1S/C10H23NO/c1-4-10(3,5-2)7-6-8-12-9-11/h4-9,11H2,1-3H3. The molecule has 0 fully saturated rings. The molecule has 12 heavy (non-hydrogen) atoms. The number of hydrogen-bond acceptors (Lipinski definition) is 2. The van der Waals surface area contributed by atoms with Gasteiger partial charge in [-0.2, -0.15) is 0 Å². The van der Waals surface area contributed by atoms with E-state index in [-0.39, 0.29) is 0 Å². The molecule has 0 rings (SSSR count). The van der Waals surface area contributed by atoms with Crippen LogP contribution >= 0.6 is 0 Å².